The van der Waals surface area contributed by atoms with E-state index in [1.807, 2.05) is 6.07 Å². The summed E-state index contributed by atoms with van der Waals surface area (Å²) in [7, 11) is 0. The van der Waals surface area contributed by atoms with Gasteiger partial charge in [0.05, 0.1) is 12.8 Å². The molecule has 1 saturated heterocycles. The quantitative estimate of drug-likeness (QED) is 0.507. The van der Waals surface area contributed by atoms with Crippen molar-refractivity contribution in [2.45, 2.75) is 19.3 Å². The van der Waals surface area contributed by atoms with Crippen LogP contribution in [0.25, 0.3) is 0 Å². The van der Waals surface area contributed by atoms with Crippen molar-refractivity contribution < 1.29 is 29.4 Å². The second-order valence-electron chi connectivity index (χ2n) is 5.79. The molecule has 2 amide bonds. The first-order chi connectivity index (χ1) is 12.3. The Labute approximate surface area is 155 Å². The molecule has 0 spiro atoms. The Bertz CT molecular complexity index is 696. The molecule has 26 heavy (non-hydrogen) atoms. The van der Waals surface area contributed by atoms with Crippen LogP contribution in [0.15, 0.2) is 30.3 Å². The van der Waals surface area contributed by atoms with Gasteiger partial charge in [-0.1, -0.05) is 30.3 Å². The van der Waals surface area contributed by atoms with Crippen molar-refractivity contribution in [3.63, 3.8) is 0 Å². The average molecular weight is 378 g/mol. The molecule has 0 bridgehead atoms. The van der Waals surface area contributed by atoms with Crippen molar-refractivity contribution in [2.24, 2.45) is 5.92 Å². The number of benzene rings is 1. The third-order valence-corrected chi connectivity index (χ3v) is 4.41. The Morgan fingerprint density at radius 3 is 1.81 bits per heavy atom. The normalized spacial score (nSPS) is 15.5. The van der Waals surface area contributed by atoms with E-state index in [1.165, 1.54) is 0 Å². The standard InChI is InChI=1S/C17H18N2O6S/c20-13(21)6-8-18-15(24)12(10-11-4-2-1-3-5-11)16(25)19(17(18)26)9-7-14(22)23/h1-5,12H,6-10H2,(H,20,21)(H,22,23). The van der Waals surface area contributed by atoms with Crippen LogP contribution in [-0.4, -0.2) is 62.0 Å². The molecule has 0 aliphatic carbocycles. The van der Waals surface area contributed by atoms with Gasteiger partial charge in [0.25, 0.3) is 0 Å². The molecule has 8 nitrogen and oxygen atoms in total. The summed E-state index contributed by atoms with van der Waals surface area (Å²) >= 11 is 5.15. The number of amides is 2. The second kappa shape index (κ2) is 8.52. The number of carbonyl (C=O) groups excluding carboxylic acids is 2. The molecule has 0 saturated carbocycles. The number of thiocarbonyl (C=S) groups is 1. The summed E-state index contributed by atoms with van der Waals surface area (Å²) in [5.41, 5.74) is 0.767. The Balaban J connectivity index is 2.27. The molecule has 2 N–H and O–H groups in total. The molecule has 1 aliphatic heterocycles. The van der Waals surface area contributed by atoms with Gasteiger partial charge in [0.15, 0.2) is 5.11 Å². The van der Waals surface area contributed by atoms with E-state index in [2.05, 4.69) is 0 Å². The molecule has 9 heteroatoms. The molecule has 2 rings (SSSR count). The number of carboxylic acid groups (broad SMARTS) is 2. The second-order valence-corrected chi connectivity index (χ2v) is 6.16. The molecule has 1 aliphatic rings. The minimum Gasteiger partial charge on any atom is -0.481 e. The zero-order valence-electron chi connectivity index (χ0n) is 13.8. The fourth-order valence-electron chi connectivity index (χ4n) is 2.67. The van der Waals surface area contributed by atoms with Crippen LogP contribution in [0.2, 0.25) is 0 Å². The highest BCUT2D eigenvalue weighted by Crippen LogP contribution is 2.22. The fourth-order valence-corrected chi connectivity index (χ4v) is 3.03. The molecule has 1 fully saturated rings. The highest BCUT2D eigenvalue weighted by atomic mass is 32.1. The minimum atomic E-state index is -1.10. The third kappa shape index (κ3) is 4.63. The van der Waals surface area contributed by atoms with Crippen LogP contribution in [0.4, 0.5) is 0 Å². The molecule has 0 radical (unpaired) electrons. The van der Waals surface area contributed by atoms with Gasteiger partial charge in [-0.3, -0.25) is 29.0 Å². The fraction of sp³-hybridized carbons (Fsp3) is 0.353. The van der Waals surface area contributed by atoms with Gasteiger partial charge < -0.3 is 10.2 Å². The SMILES string of the molecule is O=C(O)CCN1C(=O)C(Cc2ccccc2)C(=O)N(CCC(=O)O)C1=S. The summed E-state index contributed by atoms with van der Waals surface area (Å²) in [6, 6.07) is 8.92. The van der Waals surface area contributed by atoms with Crippen LogP contribution < -0.4 is 0 Å². The molecule has 138 valence electrons. The average Bonchev–Trinajstić information content (AvgIpc) is 2.59. The Hall–Kier alpha value is -2.81. The summed E-state index contributed by atoms with van der Waals surface area (Å²) < 4.78 is 0. The van der Waals surface area contributed by atoms with Crippen LogP contribution in [0.1, 0.15) is 18.4 Å². The maximum Gasteiger partial charge on any atom is 0.305 e. The number of hydrogen-bond acceptors (Lipinski definition) is 5. The van der Waals surface area contributed by atoms with Crippen molar-refractivity contribution in [1.29, 1.82) is 0 Å². The van der Waals surface area contributed by atoms with E-state index in [4.69, 9.17) is 22.4 Å². The number of carbonyl (C=O) groups is 4. The van der Waals surface area contributed by atoms with Gasteiger partial charge in [0, 0.05) is 13.1 Å². The molecule has 0 atom stereocenters. The third-order valence-electron chi connectivity index (χ3n) is 3.97. The van der Waals surface area contributed by atoms with Crippen LogP contribution in [-0.2, 0) is 25.6 Å². The van der Waals surface area contributed by atoms with E-state index in [0.717, 1.165) is 15.4 Å². The predicted molar refractivity (Wildman–Crippen MR) is 94.2 cm³/mol. The van der Waals surface area contributed by atoms with Gasteiger partial charge in [0.1, 0.15) is 5.92 Å². The number of rotatable bonds is 8. The van der Waals surface area contributed by atoms with E-state index in [0.29, 0.717) is 0 Å². The lowest BCUT2D eigenvalue weighted by atomic mass is 9.94. The molecule has 0 aromatic heterocycles. The van der Waals surface area contributed by atoms with Gasteiger partial charge in [-0.2, -0.15) is 0 Å². The monoisotopic (exact) mass is 378 g/mol. The van der Waals surface area contributed by atoms with E-state index in [-0.39, 0.29) is 37.5 Å². The molecular formula is C17H18N2O6S. The first-order valence-corrected chi connectivity index (χ1v) is 8.36. The van der Waals surface area contributed by atoms with Crippen molar-refractivity contribution in [3.8, 4) is 0 Å². The minimum absolute atomic E-state index is 0.133. The molecule has 1 aromatic rings. The number of hydrogen-bond donors (Lipinski definition) is 2. The molecular weight excluding hydrogens is 360 g/mol. The topological polar surface area (TPSA) is 115 Å². The van der Waals surface area contributed by atoms with E-state index in [9.17, 15) is 19.2 Å². The lowest BCUT2D eigenvalue weighted by Crippen LogP contribution is -2.60. The van der Waals surface area contributed by atoms with Crippen molar-refractivity contribution in [2.75, 3.05) is 13.1 Å². The summed E-state index contributed by atoms with van der Waals surface area (Å²) in [4.78, 5) is 49.3. The smallest absolute Gasteiger partial charge is 0.305 e. The highest BCUT2D eigenvalue weighted by molar-refractivity contribution is 7.80. The van der Waals surface area contributed by atoms with Gasteiger partial charge in [-0.15, -0.1) is 0 Å². The first kappa shape index (κ1) is 19.5. The van der Waals surface area contributed by atoms with Gasteiger partial charge in [0.2, 0.25) is 11.8 Å². The lowest BCUT2D eigenvalue weighted by Gasteiger charge is -2.39. The zero-order valence-corrected chi connectivity index (χ0v) is 14.6. The van der Waals surface area contributed by atoms with Crippen LogP contribution in [0, 0.1) is 5.92 Å². The molecule has 0 unspecified atom stereocenters. The number of carboxylic acids is 2. The Morgan fingerprint density at radius 1 is 0.923 bits per heavy atom. The summed E-state index contributed by atoms with van der Waals surface area (Å²) in [5, 5.41) is 17.6. The van der Waals surface area contributed by atoms with Crippen molar-refractivity contribution in [1.82, 2.24) is 9.80 Å². The number of nitrogens with zero attached hydrogens (tertiary/aromatic N) is 2. The van der Waals surface area contributed by atoms with Gasteiger partial charge >= 0.3 is 11.9 Å². The maximum absolute atomic E-state index is 12.7. The summed E-state index contributed by atoms with van der Waals surface area (Å²) in [6.45, 7) is -0.343. The maximum atomic E-state index is 12.7. The first-order valence-electron chi connectivity index (χ1n) is 7.95. The highest BCUT2D eigenvalue weighted by Gasteiger charge is 2.43. The Morgan fingerprint density at radius 2 is 1.38 bits per heavy atom. The summed E-state index contributed by atoms with van der Waals surface area (Å²) in [6.07, 6.45) is -0.524. The van der Waals surface area contributed by atoms with Crippen LogP contribution in [0.3, 0.4) is 0 Å². The Kier molecular flexibility index (Phi) is 6.40. The molecule has 1 aromatic carbocycles. The zero-order chi connectivity index (χ0) is 19.3. The van der Waals surface area contributed by atoms with E-state index in [1.54, 1.807) is 24.3 Å². The predicted octanol–water partition coefficient (Wildman–Crippen LogP) is 0.750. The lowest BCUT2D eigenvalue weighted by molar-refractivity contribution is -0.147. The van der Waals surface area contributed by atoms with Gasteiger partial charge in [-0.05, 0) is 24.2 Å². The van der Waals surface area contributed by atoms with Crippen LogP contribution in [0.5, 0.6) is 0 Å². The number of aliphatic carboxylic acids is 2. The van der Waals surface area contributed by atoms with Gasteiger partial charge in [-0.25, -0.2) is 0 Å². The van der Waals surface area contributed by atoms with Crippen molar-refractivity contribution >= 4 is 41.1 Å². The van der Waals surface area contributed by atoms with E-state index < -0.39 is 29.7 Å². The summed E-state index contributed by atoms with van der Waals surface area (Å²) in [5.74, 6) is -4.39. The van der Waals surface area contributed by atoms with Crippen LogP contribution >= 0.6 is 12.2 Å². The van der Waals surface area contributed by atoms with E-state index >= 15 is 0 Å². The van der Waals surface area contributed by atoms with Crippen molar-refractivity contribution in [3.05, 3.63) is 35.9 Å². The largest absolute Gasteiger partial charge is 0.481 e. The molecule has 1 heterocycles.